The summed E-state index contributed by atoms with van der Waals surface area (Å²) in [6, 6.07) is 12.8. The minimum Gasteiger partial charge on any atom is -0.472 e. The van der Waals surface area contributed by atoms with E-state index in [0.717, 1.165) is 22.8 Å². The van der Waals surface area contributed by atoms with E-state index in [2.05, 4.69) is 52.7 Å². The molecule has 0 spiro atoms. The summed E-state index contributed by atoms with van der Waals surface area (Å²) in [5.41, 5.74) is 5.78. The van der Waals surface area contributed by atoms with Gasteiger partial charge in [-0.1, -0.05) is 12.1 Å². The first kappa shape index (κ1) is 18.0. The van der Waals surface area contributed by atoms with E-state index in [1.807, 2.05) is 24.1 Å². The van der Waals surface area contributed by atoms with Crippen molar-refractivity contribution in [3.63, 3.8) is 0 Å². The van der Waals surface area contributed by atoms with Gasteiger partial charge in [-0.2, -0.15) is 10.1 Å². The molecule has 2 bridgehead atoms. The summed E-state index contributed by atoms with van der Waals surface area (Å²) in [7, 11) is 4.12. The smallest absolute Gasteiger partial charge is 0.223 e. The molecule has 154 valence electrons. The lowest BCUT2D eigenvalue weighted by atomic mass is 9.95. The molecule has 0 aliphatic carbocycles. The first-order valence-electron chi connectivity index (χ1n) is 10.9. The van der Waals surface area contributed by atoms with Gasteiger partial charge in [-0.3, -0.25) is 4.68 Å². The summed E-state index contributed by atoms with van der Waals surface area (Å²) >= 11 is 0. The van der Waals surface area contributed by atoms with Gasteiger partial charge in [0, 0.05) is 49.5 Å². The summed E-state index contributed by atoms with van der Waals surface area (Å²) in [5.74, 6) is 1.76. The summed E-state index contributed by atoms with van der Waals surface area (Å²) in [6.07, 6.45) is 8.96. The van der Waals surface area contributed by atoms with Crippen molar-refractivity contribution in [3.05, 3.63) is 48.3 Å². The standard InChI is InChI=1S/C24H27N5O/c1-28-13-17(12-25-28)15-3-6-21-16(9-15)14-30-24-22(21)7-8-23(27-24)29(2)20-10-18-4-5-19(11-20)26-18/h3,6-9,12-13,18-20,26H,4-5,10-11,14H2,1-2H3. The highest BCUT2D eigenvalue weighted by Gasteiger charge is 2.35. The molecule has 3 aliphatic rings. The van der Waals surface area contributed by atoms with E-state index in [1.165, 1.54) is 42.4 Å². The number of hydrogen-bond donors (Lipinski definition) is 1. The first-order valence-corrected chi connectivity index (χ1v) is 10.9. The molecular formula is C24H27N5O. The highest BCUT2D eigenvalue weighted by atomic mass is 16.5. The van der Waals surface area contributed by atoms with Crippen molar-refractivity contribution in [1.29, 1.82) is 0 Å². The van der Waals surface area contributed by atoms with Crippen LogP contribution in [0.4, 0.5) is 5.82 Å². The third-order valence-corrected chi connectivity index (χ3v) is 7.00. The Kier molecular flexibility index (Phi) is 4.09. The average molecular weight is 402 g/mol. The molecule has 2 saturated heterocycles. The molecule has 5 heterocycles. The van der Waals surface area contributed by atoms with E-state index in [9.17, 15) is 0 Å². The minimum absolute atomic E-state index is 0.548. The zero-order valence-corrected chi connectivity index (χ0v) is 17.5. The maximum Gasteiger partial charge on any atom is 0.223 e. The van der Waals surface area contributed by atoms with Crippen molar-refractivity contribution in [2.75, 3.05) is 11.9 Å². The van der Waals surface area contributed by atoms with Crippen LogP contribution in [0.2, 0.25) is 0 Å². The van der Waals surface area contributed by atoms with Crippen LogP contribution < -0.4 is 15.0 Å². The van der Waals surface area contributed by atoms with Crippen molar-refractivity contribution < 1.29 is 4.74 Å². The second-order valence-corrected chi connectivity index (χ2v) is 8.96. The number of aromatic nitrogens is 3. The van der Waals surface area contributed by atoms with Crippen molar-refractivity contribution in [2.45, 2.75) is 50.4 Å². The van der Waals surface area contributed by atoms with Crippen molar-refractivity contribution in [1.82, 2.24) is 20.1 Å². The van der Waals surface area contributed by atoms with Gasteiger partial charge in [0.2, 0.25) is 5.88 Å². The molecule has 6 nitrogen and oxygen atoms in total. The molecule has 2 aromatic heterocycles. The Labute approximate surface area is 176 Å². The molecule has 30 heavy (non-hydrogen) atoms. The number of piperidine rings is 1. The Morgan fingerprint density at radius 1 is 1.07 bits per heavy atom. The number of nitrogens with one attached hydrogen (secondary N) is 1. The van der Waals surface area contributed by atoms with Gasteiger partial charge in [0.25, 0.3) is 0 Å². The third kappa shape index (κ3) is 2.98. The SMILES string of the molecule is CN(c1ccc2c(n1)OCc1cc(-c3cnn(C)c3)ccc1-2)C1CC2CCC(C1)N2. The van der Waals surface area contributed by atoms with Crippen LogP contribution in [0.5, 0.6) is 5.88 Å². The fourth-order valence-corrected chi connectivity index (χ4v) is 5.34. The lowest BCUT2D eigenvalue weighted by Gasteiger charge is -2.36. The largest absolute Gasteiger partial charge is 0.472 e. The third-order valence-electron chi connectivity index (χ3n) is 7.00. The number of aryl methyl sites for hydroxylation is 1. The van der Waals surface area contributed by atoms with Crippen LogP contribution >= 0.6 is 0 Å². The summed E-state index contributed by atoms with van der Waals surface area (Å²) < 4.78 is 7.94. The molecule has 6 heteroatoms. The minimum atomic E-state index is 0.548. The van der Waals surface area contributed by atoms with Gasteiger partial charge in [-0.05, 0) is 60.6 Å². The van der Waals surface area contributed by atoms with Crippen LogP contribution in [0.25, 0.3) is 22.3 Å². The summed E-state index contributed by atoms with van der Waals surface area (Å²) in [6.45, 7) is 0.550. The molecule has 3 aliphatic heterocycles. The van der Waals surface area contributed by atoms with E-state index in [0.29, 0.717) is 24.7 Å². The van der Waals surface area contributed by atoms with Crippen molar-refractivity contribution >= 4 is 5.82 Å². The van der Waals surface area contributed by atoms with E-state index < -0.39 is 0 Å². The van der Waals surface area contributed by atoms with Crippen LogP contribution in [-0.2, 0) is 13.7 Å². The molecule has 3 aromatic rings. The number of hydrogen-bond acceptors (Lipinski definition) is 5. The van der Waals surface area contributed by atoms with Crippen molar-refractivity contribution in [2.24, 2.45) is 7.05 Å². The molecule has 0 amide bonds. The predicted molar refractivity (Wildman–Crippen MR) is 118 cm³/mol. The van der Waals surface area contributed by atoms with Gasteiger partial charge in [0.15, 0.2) is 0 Å². The first-order chi connectivity index (χ1) is 14.6. The Balaban J connectivity index is 1.28. The van der Waals surface area contributed by atoms with Gasteiger partial charge < -0.3 is 15.0 Å². The molecule has 0 radical (unpaired) electrons. The fraction of sp³-hybridized carbons (Fsp3) is 0.417. The Bertz CT molecular complexity index is 1090. The van der Waals surface area contributed by atoms with Gasteiger partial charge in [-0.15, -0.1) is 0 Å². The lowest BCUT2D eigenvalue weighted by Crippen LogP contribution is -2.47. The second-order valence-electron chi connectivity index (χ2n) is 8.96. The predicted octanol–water partition coefficient (Wildman–Crippen LogP) is 3.76. The van der Waals surface area contributed by atoms with Crippen LogP contribution in [-0.4, -0.2) is 39.9 Å². The summed E-state index contributed by atoms with van der Waals surface area (Å²) in [4.78, 5) is 7.27. The average Bonchev–Trinajstić information content (AvgIpc) is 3.36. The van der Waals surface area contributed by atoms with Gasteiger partial charge in [0.1, 0.15) is 12.4 Å². The maximum atomic E-state index is 6.11. The number of nitrogens with zero attached hydrogens (tertiary/aromatic N) is 4. The Morgan fingerprint density at radius 2 is 1.87 bits per heavy atom. The Hall–Kier alpha value is -2.86. The molecule has 1 N–H and O–H groups in total. The summed E-state index contributed by atoms with van der Waals surface area (Å²) in [5, 5.41) is 8.01. The van der Waals surface area contributed by atoms with Crippen LogP contribution in [0.15, 0.2) is 42.7 Å². The molecule has 2 unspecified atom stereocenters. The number of anilines is 1. The topological polar surface area (TPSA) is 55.2 Å². The van der Waals surface area contributed by atoms with E-state index >= 15 is 0 Å². The van der Waals surface area contributed by atoms with Gasteiger partial charge in [-0.25, -0.2) is 0 Å². The number of rotatable bonds is 3. The monoisotopic (exact) mass is 401 g/mol. The normalized spacial score (nSPS) is 24.1. The van der Waals surface area contributed by atoms with Gasteiger partial charge in [0.05, 0.1) is 6.20 Å². The molecule has 2 fully saturated rings. The van der Waals surface area contributed by atoms with E-state index in [4.69, 9.17) is 9.72 Å². The fourth-order valence-electron chi connectivity index (χ4n) is 5.34. The Morgan fingerprint density at radius 3 is 2.63 bits per heavy atom. The van der Waals surface area contributed by atoms with E-state index in [-0.39, 0.29) is 0 Å². The highest BCUT2D eigenvalue weighted by Crippen LogP contribution is 2.40. The molecule has 1 aromatic carbocycles. The zero-order chi connectivity index (χ0) is 20.2. The van der Waals surface area contributed by atoms with Gasteiger partial charge >= 0.3 is 0 Å². The van der Waals surface area contributed by atoms with Crippen LogP contribution in [0, 0.1) is 0 Å². The zero-order valence-electron chi connectivity index (χ0n) is 17.5. The second kappa shape index (κ2) is 6.84. The van der Waals surface area contributed by atoms with Crippen molar-refractivity contribution in [3.8, 4) is 28.1 Å². The quantitative estimate of drug-likeness (QED) is 0.724. The molecule has 2 atom stereocenters. The van der Waals surface area contributed by atoms with Crippen LogP contribution in [0.1, 0.15) is 31.2 Å². The van der Waals surface area contributed by atoms with E-state index in [1.54, 1.807) is 0 Å². The molecule has 0 saturated carbocycles. The number of fused-ring (bicyclic) bond motifs is 5. The lowest BCUT2D eigenvalue weighted by molar-refractivity contribution is 0.289. The molecular weight excluding hydrogens is 374 g/mol. The number of benzene rings is 1. The number of ether oxygens (including phenoxy) is 1. The maximum absolute atomic E-state index is 6.11. The molecule has 6 rings (SSSR count). The van der Waals surface area contributed by atoms with Crippen LogP contribution in [0.3, 0.4) is 0 Å². The number of pyridine rings is 1. The highest BCUT2D eigenvalue weighted by molar-refractivity contribution is 5.78.